The number of nitrogens with one attached hydrogen (secondary N) is 1. The Morgan fingerprint density at radius 1 is 1.53 bits per heavy atom. The Balaban J connectivity index is 3.32. The molecule has 0 spiro atoms. The van der Waals surface area contributed by atoms with Gasteiger partial charge in [-0.1, -0.05) is 6.92 Å². The lowest BCUT2D eigenvalue weighted by Gasteiger charge is -2.14. The van der Waals surface area contributed by atoms with Crippen molar-refractivity contribution in [3.8, 4) is 0 Å². The third-order valence-corrected chi connectivity index (χ3v) is 2.46. The van der Waals surface area contributed by atoms with Crippen LogP contribution in [0.2, 0.25) is 0 Å². The van der Waals surface area contributed by atoms with Gasteiger partial charge in [0.2, 0.25) is 0 Å². The number of rotatable bonds is 4. The molecule has 0 saturated heterocycles. The lowest BCUT2D eigenvalue weighted by atomic mass is 10.3. The van der Waals surface area contributed by atoms with Crippen molar-refractivity contribution in [3.05, 3.63) is 33.1 Å². The zero-order chi connectivity index (χ0) is 13.0. The molecule has 7 heteroatoms. The Kier molecular flexibility index (Phi) is 4.22. The molecule has 3 N–H and O–H groups in total. The first-order valence-electron chi connectivity index (χ1n) is 5.35. The van der Waals surface area contributed by atoms with Crippen molar-refractivity contribution in [1.29, 1.82) is 0 Å². The molecular weight excluding hydrogens is 224 g/mol. The van der Waals surface area contributed by atoms with Crippen molar-refractivity contribution < 1.29 is 4.79 Å². The number of nitrogens with zero attached hydrogens (tertiary/aromatic N) is 2. The SMILES string of the molecule is CCCn1ccc(=O)n(C(C)C(=O)NN)c1=O. The Hall–Kier alpha value is -1.89. The molecule has 94 valence electrons. The fourth-order valence-electron chi connectivity index (χ4n) is 1.54. The van der Waals surface area contributed by atoms with Gasteiger partial charge >= 0.3 is 5.69 Å². The summed E-state index contributed by atoms with van der Waals surface area (Å²) in [6.45, 7) is 3.86. The molecule has 0 saturated carbocycles. The molecule has 17 heavy (non-hydrogen) atoms. The van der Waals surface area contributed by atoms with E-state index >= 15 is 0 Å². The van der Waals surface area contributed by atoms with Gasteiger partial charge in [-0.3, -0.25) is 15.0 Å². The van der Waals surface area contributed by atoms with Crippen molar-refractivity contribution in [2.24, 2.45) is 5.84 Å². The number of aromatic nitrogens is 2. The average Bonchev–Trinajstić information content (AvgIpc) is 2.32. The molecule has 1 heterocycles. The summed E-state index contributed by atoms with van der Waals surface area (Å²) in [5.74, 6) is 4.40. The highest BCUT2D eigenvalue weighted by atomic mass is 16.2. The predicted molar refractivity (Wildman–Crippen MR) is 62.3 cm³/mol. The Morgan fingerprint density at radius 2 is 2.18 bits per heavy atom. The van der Waals surface area contributed by atoms with Gasteiger partial charge in [-0.05, 0) is 13.3 Å². The summed E-state index contributed by atoms with van der Waals surface area (Å²) in [7, 11) is 0. The first-order chi connectivity index (χ1) is 8.02. The van der Waals surface area contributed by atoms with E-state index in [1.54, 1.807) is 0 Å². The maximum absolute atomic E-state index is 11.9. The van der Waals surface area contributed by atoms with Gasteiger partial charge in [0.15, 0.2) is 0 Å². The highest BCUT2D eigenvalue weighted by Gasteiger charge is 2.18. The summed E-state index contributed by atoms with van der Waals surface area (Å²) in [6, 6.07) is 0.335. The predicted octanol–water partition coefficient (Wildman–Crippen LogP) is -1.03. The molecule has 0 radical (unpaired) electrons. The number of carbonyl (C=O) groups is 1. The normalized spacial score (nSPS) is 12.2. The number of hydrogen-bond donors (Lipinski definition) is 2. The summed E-state index contributed by atoms with van der Waals surface area (Å²) in [5, 5.41) is 0. The van der Waals surface area contributed by atoms with Gasteiger partial charge in [-0.2, -0.15) is 0 Å². The summed E-state index contributed by atoms with van der Waals surface area (Å²) in [5.41, 5.74) is 0.903. The topological polar surface area (TPSA) is 99.1 Å². The largest absolute Gasteiger partial charge is 0.331 e. The van der Waals surface area contributed by atoms with Crippen LogP contribution in [0.4, 0.5) is 0 Å². The molecule has 1 aromatic heterocycles. The maximum atomic E-state index is 11.9. The molecule has 0 aliphatic rings. The number of nitrogens with two attached hydrogens (primary N) is 1. The van der Waals surface area contributed by atoms with Crippen LogP contribution in [0.15, 0.2) is 21.9 Å². The Bertz CT molecular complexity index is 517. The molecule has 1 atom stereocenters. The van der Waals surface area contributed by atoms with E-state index in [0.29, 0.717) is 6.54 Å². The first-order valence-corrected chi connectivity index (χ1v) is 5.35. The molecule has 0 aliphatic heterocycles. The van der Waals surface area contributed by atoms with Crippen LogP contribution in [0.25, 0.3) is 0 Å². The van der Waals surface area contributed by atoms with Gasteiger partial charge in [0.25, 0.3) is 11.5 Å². The van der Waals surface area contributed by atoms with E-state index in [0.717, 1.165) is 11.0 Å². The number of hydrogen-bond acceptors (Lipinski definition) is 4. The highest BCUT2D eigenvalue weighted by molar-refractivity contribution is 5.79. The molecule has 0 fully saturated rings. The van der Waals surface area contributed by atoms with E-state index < -0.39 is 23.2 Å². The van der Waals surface area contributed by atoms with Gasteiger partial charge in [-0.15, -0.1) is 0 Å². The molecule has 1 aromatic rings. The zero-order valence-electron chi connectivity index (χ0n) is 9.84. The molecule has 0 aliphatic carbocycles. The lowest BCUT2D eigenvalue weighted by Crippen LogP contribution is -2.46. The summed E-state index contributed by atoms with van der Waals surface area (Å²) in [6.07, 6.45) is 2.19. The van der Waals surface area contributed by atoms with Gasteiger partial charge in [0, 0.05) is 18.8 Å². The second kappa shape index (κ2) is 5.44. The van der Waals surface area contributed by atoms with Gasteiger partial charge in [0.1, 0.15) is 6.04 Å². The van der Waals surface area contributed by atoms with Crippen LogP contribution in [0.1, 0.15) is 26.3 Å². The second-order valence-corrected chi connectivity index (χ2v) is 3.68. The summed E-state index contributed by atoms with van der Waals surface area (Å²) in [4.78, 5) is 34.9. The van der Waals surface area contributed by atoms with E-state index in [4.69, 9.17) is 5.84 Å². The zero-order valence-corrected chi connectivity index (χ0v) is 9.84. The third kappa shape index (κ3) is 2.62. The fraction of sp³-hybridized carbons (Fsp3) is 0.500. The maximum Gasteiger partial charge on any atom is 0.331 e. The van der Waals surface area contributed by atoms with Crippen LogP contribution in [0.3, 0.4) is 0 Å². The van der Waals surface area contributed by atoms with E-state index in [1.807, 2.05) is 12.3 Å². The minimum absolute atomic E-state index is 0.496. The van der Waals surface area contributed by atoms with E-state index in [2.05, 4.69) is 0 Å². The minimum atomic E-state index is -0.927. The van der Waals surface area contributed by atoms with E-state index in [9.17, 15) is 14.4 Å². The molecule has 1 rings (SSSR count). The highest BCUT2D eigenvalue weighted by Crippen LogP contribution is 1.97. The van der Waals surface area contributed by atoms with Crippen molar-refractivity contribution in [2.45, 2.75) is 32.9 Å². The molecule has 1 unspecified atom stereocenters. The summed E-state index contributed by atoms with van der Waals surface area (Å²) < 4.78 is 2.28. The van der Waals surface area contributed by atoms with Crippen LogP contribution in [0, 0.1) is 0 Å². The average molecular weight is 240 g/mol. The fourth-order valence-corrected chi connectivity index (χ4v) is 1.54. The Morgan fingerprint density at radius 3 is 2.71 bits per heavy atom. The monoisotopic (exact) mass is 240 g/mol. The third-order valence-electron chi connectivity index (χ3n) is 2.46. The van der Waals surface area contributed by atoms with E-state index in [1.165, 1.54) is 23.8 Å². The van der Waals surface area contributed by atoms with Gasteiger partial charge in [0.05, 0.1) is 0 Å². The standard InChI is InChI=1S/C10H16N4O3/c1-3-5-13-6-4-8(15)14(10(13)17)7(2)9(16)12-11/h4,6-7H,3,5,11H2,1-2H3,(H,12,16). The molecule has 7 nitrogen and oxygen atoms in total. The van der Waals surface area contributed by atoms with Crippen molar-refractivity contribution in [1.82, 2.24) is 14.6 Å². The van der Waals surface area contributed by atoms with Crippen molar-refractivity contribution >= 4 is 5.91 Å². The smallest absolute Gasteiger partial charge is 0.300 e. The quantitative estimate of drug-likeness (QED) is 0.399. The molecular formula is C10H16N4O3. The second-order valence-electron chi connectivity index (χ2n) is 3.68. The van der Waals surface area contributed by atoms with Crippen LogP contribution in [-0.2, 0) is 11.3 Å². The van der Waals surface area contributed by atoms with Crippen LogP contribution in [-0.4, -0.2) is 15.0 Å². The Labute approximate surface area is 97.8 Å². The number of amides is 1. The van der Waals surface area contributed by atoms with Gasteiger partial charge in [-0.25, -0.2) is 15.2 Å². The lowest BCUT2D eigenvalue weighted by molar-refractivity contribution is -0.124. The minimum Gasteiger partial charge on any atom is -0.300 e. The van der Waals surface area contributed by atoms with Crippen molar-refractivity contribution in [2.75, 3.05) is 0 Å². The molecule has 1 amide bonds. The number of hydrazine groups is 1. The van der Waals surface area contributed by atoms with Crippen molar-refractivity contribution in [3.63, 3.8) is 0 Å². The first kappa shape index (κ1) is 13.2. The number of aryl methyl sites for hydroxylation is 1. The summed E-state index contributed by atoms with van der Waals surface area (Å²) >= 11 is 0. The van der Waals surface area contributed by atoms with Crippen LogP contribution in [0.5, 0.6) is 0 Å². The number of carbonyl (C=O) groups excluding carboxylic acids is 1. The molecule has 0 aromatic carbocycles. The van der Waals surface area contributed by atoms with Crippen LogP contribution >= 0.6 is 0 Å². The van der Waals surface area contributed by atoms with E-state index in [-0.39, 0.29) is 0 Å². The van der Waals surface area contributed by atoms with Gasteiger partial charge < -0.3 is 4.57 Å². The van der Waals surface area contributed by atoms with Crippen LogP contribution < -0.4 is 22.5 Å². The molecule has 0 bridgehead atoms.